The van der Waals surface area contributed by atoms with E-state index in [1.165, 1.54) is 0 Å². The topological polar surface area (TPSA) is 53.1 Å². The van der Waals surface area contributed by atoms with E-state index < -0.39 is 0 Å². The number of allylic oxidation sites excluding steroid dienone is 3. The number of benzene rings is 1. The minimum Gasteiger partial charge on any atom is -0.389 e. The fourth-order valence-corrected chi connectivity index (χ4v) is 2.13. The zero-order valence-corrected chi connectivity index (χ0v) is 12.3. The van der Waals surface area contributed by atoms with Crippen molar-refractivity contribution < 1.29 is 5.11 Å². The molecule has 0 radical (unpaired) electrons. The number of H-pyrrole nitrogens is 1. The summed E-state index contributed by atoms with van der Waals surface area (Å²) in [6, 6.07) is 9.22. The summed E-state index contributed by atoms with van der Waals surface area (Å²) < 4.78 is 0. The molecule has 0 aliphatic carbocycles. The van der Waals surface area contributed by atoms with Gasteiger partial charge >= 0.3 is 0 Å². The van der Waals surface area contributed by atoms with Gasteiger partial charge in [-0.15, -0.1) is 0 Å². The first-order valence-electron chi connectivity index (χ1n) is 7.33. The SMILES string of the molecule is CC[C@@H](O)/C=C/C=C\CCc1cc(=O)c2ccccc2[nH]1. The first-order chi connectivity index (χ1) is 10.2. The molecular formula is C18H21NO2. The Balaban J connectivity index is 1.96. The average Bonchev–Trinajstić information content (AvgIpc) is 2.50. The van der Waals surface area contributed by atoms with Gasteiger partial charge < -0.3 is 10.1 Å². The predicted octanol–water partition coefficient (Wildman–Crippen LogP) is 3.34. The zero-order chi connectivity index (χ0) is 15.1. The van der Waals surface area contributed by atoms with Gasteiger partial charge in [0.2, 0.25) is 0 Å². The number of aliphatic hydroxyl groups excluding tert-OH is 1. The molecule has 0 aliphatic rings. The van der Waals surface area contributed by atoms with E-state index in [-0.39, 0.29) is 11.5 Å². The summed E-state index contributed by atoms with van der Waals surface area (Å²) in [6.45, 7) is 1.94. The van der Waals surface area contributed by atoms with E-state index in [4.69, 9.17) is 0 Å². The third-order valence-electron chi connectivity index (χ3n) is 3.37. The van der Waals surface area contributed by atoms with Crippen LogP contribution >= 0.6 is 0 Å². The summed E-state index contributed by atoms with van der Waals surface area (Å²) in [6.07, 6.45) is 9.59. The van der Waals surface area contributed by atoms with E-state index >= 15 is 0 Å². The number of rotatable bonds is 6. The van der Waals surface area contributed by atoms with Crippen molar-refractivity contribution in [3.05, 3.63) is 70.6 Å². The van der Waals surface area contributed by atoms with Gasteiger partial charge in [0.1, 0.15) is 0 Å². The smallest absolute Gasteiger partial charge is 0.189 e. The number of nitrogens with one attached hydrogen (secondary N) is 1. The second-order valence-corrected chi connectivity index (χ2v) is 5.03. The number of aromatic nitrogens is 1. The van der Waals surface area contributed by atoms with Crippen molar-refractivity contribution in [2.24, 2.45) is 0 Å². The molecule has 2 rings (SSSR count). The van der Waals surface area contributed by atoms with Gasteiger partial charge in [-0.25, -0.2) is 0 Å². The molecule has 0 bridgehead atoms. The van der Waals surface area contributed by atoms with Crippen LogP contribution in [0, 0.1) is 0 Å². The van der Waals surface area contributed by atoms with Gasteiger partial charge in [-0.3, -0.25) is 4.79 Å². The van der Waals surface area contributed by atoms with Crippen molar-refractivity contribution in [3.63, 3.8) is 0 Å². The lowest BCUT2D eigenvalue weighted by molar-refractivity contribution is 0.219. The number of aryl methyl sites for hydroxylation is 1. The van der Waals surface area contributed by atoms with Crippen LogP contribution in [-0.2, 0) is 6.42 Å². The predicted molar refractivity (Wildman–Crippen MR) is 87.5 cm³/mol. The van der Waals surface area contributed by atoms with E-state index in [2.05, 4.69) is 4.98 Å². The molecule has 2 aromatic rings. The first-order valence-corrected chi connectivity index (χ1v) is 7.33. The number of aromatic amines is 1. The Hall–Kier alpha value is -2.13. The van der Waals surface area contributed by atoms with Crippen LogP contribution in [0.2, 0.25) is 0 Å². The Morgan fingerprint density at radius 3 is 2.90 bits per heavy atom. The van der Waals surface area contributed by atoms with Crippen LogP contribution in [-0.4, -0.2) is 16.2 Å². The second kappa shape index (κ2) is 7.60. The van der Waals surface area contributed by atoms with Gasteiger partial charge in [0.15, 0.2) is 5.43 Å². The van der Waals surface area contributed by atoms with E-state index in [1.807, 2.05) is 49.4 Å². The number of hydrogen-bond acceptors (Lipinski definition) is 2. The number of fused-ring (bicyclic) bond motifs is 1. The fourth-order valence-electron chi connectivity index (χ4n) is 2.13. The monoisotopic (exact) mass is 283 g/mol. The first kappa shape index (κ1) is 15.3. The van der Waals surface area contributed by atoms with Crippen molar-refractivity contribution in [1.29, 1.82) is 0 Å². The molecule has 3 heteroatoms. The van der Waals surface area contributed by atoms with E-state index in [1.54, 1.807) is 12.1 Å². The Bertz CT molecular complexity index is 698. The molecule has 0 spiro atoms. The maximum Gasteiger partial charge on any atom is 0.189 e. The molecule has 2 N–H and O–H groups in total. The maximum absolute atomic E-state index is 12.0. The van der Waals surface area contributed by atoms with E-state index in [0.29, 0.717) is 0 Å². The van der Waals surface area contributed by atoms with Crippen LogP contribution in [0.4, 0.5) is 0 Å². The Labute approximate surface area is 124 Å². The van der Waals surface area contributed by atoms with Gasteiger partial charge in [0.05, 0.1) is 6.10 Å². The minimum absolute atomic E-state index is 0.0642. The van der Waals surface area contributed by atoms with Gasteiger partial charge in [0, 0.05) is 22.7 Å². The zero-order valence-electron chi connectivity index (χ0n) is 12.3. The molecule has 0 amide bonds. The summed E-state index contributed by atoms with van der Waals surface area (Å²) in [7, 11) is 0. The van der Waals surface area contributed by atoms with Crippen LogP contribution in [0.5, 0.6) is 0 Å². The van der Waals surface area contributed by atoms with E-state index in [9.17, 15) is 9.90 Å². The van der Waals surface area contributed by atoms with Crippen molar-refractivity contribution in [2.75, 3.05) is 0 Å². The lowest BCUT2D eigenvalue weighted by Crippen LogP contribution is -2.04. The van der Waals surface area contributed by atoms with Crippen molar-refractivity contribution in [3.8, 4) is 0 Å². The number of pyridine rings is 1. The van der Waals surface area contributed by atoms with Crippen LogP contribution < -0.4 is 5.43 Å². The largest absolute Gasteiger partial charge is 0.389 e. The average molecular weight is 283 g/mol. The summed E-state index contributed by atoms with van der Waals surface area (Å²) in [4.78, 5) is 15.3. The molecule has 1 aromatic heterocycles. The molecule has 0 saturated heterocycles. The van der Waals surface area contributed by atoms with Crippen molar-refractivity contribution in [1.82, 2.24) is 4.98 Å². The van der Waals surface area contributed by atoms with Gasteiger partial charge in [0.25, 0.3) is 0 Å². The molecule has 0 aliphatic heterocycles. The Morgan fingerprint density at radius 1 is 1.29 bits per heavy atom. The third-order valence-corrected chi connectivity index (χ3v) is 3.37. The lowest BCUT2D eigenvalue weighted by Gasteiger charge is -2.02. The molecule has 0 unspecified atom stereocenters. The molecule has 0 saturated carbocycles. The van der Waals surface area contributed by atoms with Crippen molar-refractivity contribution in [2.45, 2.75) is 32.3 Å². The second-order valence-electron chi connectivity index (χ2n) is 5.03. The fraction of sp³-hybridized carbons (Fsp3) is 0.278. The molecular weight excluding hydrogens is 262 g/mol. The standard InChI is InChI=1S/C18H21NO2/c1-2-15(20)10-6-4-3-5-9-14-13-18(21)16-11-7-8-12-17(16)19-14/h3-4,6-8,10-13,15,20H,2,5,9H2,1H3,(H,19,21)/b4-3-,10-6+/t15-/m1/s1. The summed E-state index contributed by atoms with van der Waals surface area (Å²) in [5, 5.41) is 10.1. The van der Waals surface area contributed by atoms with Crippen LogP contribution in [0.15, 0.2) is 59.4 Å². The van der Waals surface area contributed by atoms with Gasteiger partial charge in [-0.2, -0.15) is 0 Å². The quantitative estimate of drug-likeness (QED) is 0.799. The summed E-state index contributed by atoms with van der Waals surface area (Å²) in [5.74, 6) is 0. The number of hydrogen-bond donors (Lipinski definition) is 2. The normalized spacial score (nSPS) is 13.4. The highest BCUT2D eigenvalue weighted by molar-refractivity contribution is 5.78. The van der Waals surface area contributed by atoms with Crippen molar-refractivity contribution >= 4 is 10.9 Å². The number of aliphatic hydroxyl groups is 1. The van der Waals surface area contributed by atoms with Crippen LogP contribution in [0.3, 0.4) is 0 Å². The Kier molecular flexibility index (Phi) is 5.52. The Morgan fingerprint density at radius 2 is 2.10 bits per heavy atom. The summed E-state index contributed by atoms with van der Waals surface area (Å²) in [5.41, 5.74) is 1.89. The van der Waals surface area contributed by atoms with Gasteiger partial charge in [-0.05, 0) is 31.4 Å². The minimum atomic E-state index is -0.369. The maximum atomic E-state index is 12.0. The molecule has 1 aromatic carbocycles. The highest BCUT2D eigenvalue weighted by Gasteiger charge is 2.00. The summed E-state index contributed by atoms with van der Waals surface area (Å²) >= 11 is 0. The third kappa shape index (κ3) is 4.43. The van der Waals surface area contributed by atoms with E-state index in [0.717, 1.165) is 35.9 Å². The molecule has 3 nitrogen and oxygen atoms in total. The van der Waals surface area contributed by atoms with Crippen LogP contribution in [0.1, 0.15) is 25.5 Å². The van der Waals surface area contributed by atoms with Crippen LogP contribution in [0.25, 0.3) is 10.9 Å². The highest BCUT2D eigenvalue weighted by Crippen LogP contribution is 2.08. The molecule has 21 heavy (non-hydrogen) atoms. The molecule has 0 fully saturated rings. The van der Waals surface area contributed by atoms with Gasteiger partial charge in [-0.1, -0.05) is 43.4 Å². The number of para-hydroxylation sites is 1. The lowest BCUT2D eigenvalue weighted by atomic mass is 10.1. The molecule has 110 valence electrons. The molecule has 1 atom stereocenters. The molecule has 1 heterocycles. The highest BCUT2D eigenvalue weighted by atomic mass is 16.3.